The summed E-state index contributed by atoms with van der Waals surface area (Å²) in [7, 11) is 2.18. The molecule has 21 heavy (non-hydrogen) atoms. The van der Waals surface area contributed by atoms with Crippen LogP contribution in [0.3, 0.4) is 0 Å². The first kappa shape index (κ1) is 16.0. The number of carbonyl (C=O) groups excluding carboxylic acids is 1. The van der Waals surface area contributed by atoms with Crippen LogP contribution in [0.4, 0.5) is 0 Å². The van der Waals surface area contributed by atoms with Crippen molar-refractivity contribution in [2.45, 2.75) is 51.2 Å². The molecule has 0 saturated heterocycles. The molecule has 1 fully saturated rings. The molecule has 0 bridgehead atoms. The molecular formula is C16H27N3O2. The summed E-state index contributed by atoms with van der Waals surface area (Å²) in [5, 5.41) is 6.15. The summed E-state index contributed by atoms with van der Waals surface area (Å²) >= 11 is 0. The van der Waals surface area contributed by atoms with E-state index in [0.717, 1.165) is 24.9 Å². The smallest absolute Gasteiger partial charge is 0.237 e. The molecule has 1 saturated carbocycles. The van der Waals surface area contributed by atoms with Crippen molar-refractivity contribution in [2.24, 2.45) is 0 Å². The molecule has 1 aliphatic carbocycles. The predicted molar refractivity (Wildman–Crippen MR) is 82.9 cm³/mol. The van der Waals surface area contributed by atoms with Gasteiger partial charge >= 0.3 is 0 Å². The highest BCUT2D eigenvalue weighted by molar-refractivity contribution is 5.81. The lowest BCUT2D eigenvalue weighted by Crippen LogP contribution is -2.45. The first-order valence-corrected chi connectivity index (χ1v) is 7.90. The summed E-state index contributed by atoms with van der Waals surface area (Å²) in [6.45, 7) is 4.16. The number of nitrogens with one attached hydrogen (secondary N) is 2. The van der Waals surface area contributed by atoms with Crippen molar-refractivity contribution in [3.8, 4) is 0 Å². The third kappa shape index (κ3) is 5.17. The van der Waals surface area contributed by atoms with E-state index in [1.807, 2.05) is 19.1 Å². The minimum atomic E-state index is -0.183. The molecule has 1 aromatic heterocycles. The Morgan fingerprint density at radius 3 is 2.90 bits per heavy atom. The van der Waals surface area contributed by atoms with Gasteiger partial charge in [0.25, 0.3) is 0 Å². The van der Waals surface area contributed by atoms with Gasteiger partial charge in [-0.3, -0.25) is 4.79 Å². The fourth-order valence-corrected chi connectivity index (χ4v) is 2.82. The molecule has 5 nitrogen and oxygen atoms in total. The first-order valence-electron chi connectivity index (χ1n) is 7.90. The standard InChI is InChI=1S/C16H27N3O2/c1-13(16(20)18-12-15-8-5-11-21-15)17-9-10-19(2)14-6-3-4-7-14/h5,8,11,13-14,17H,3-4,6-7,9-10,12H2,1-2H3,(H,18,20). The average molecular weight is 293 g/mol. The van der Waals surface area contributed by atoms with Crippen molar-refractivity contribution in [3.05, 3.63) is 24.2 Å². The highest BCUT2D eigenvalue weighted by Gasteiger charge is 2.19. The maximum absolute atomic E-state index is 11.9. The SMILES string of the molecule is CC(NCCN(C)C1CCCC1)C(=O)NCc1ccco1. The molecule has 1 heterocycles. The summed E-state index contributed by atoms with van der Waals surface area (Å²) in [5.41, 5.74) is 0. The van der Waals surface area contributed by atoms with Crippen LogP contribution >= 0.6 is 0 Å². The number of amides is 1. The van der Waals surface area contributed by atoms with E-state index in [9.17, 15) is 4.79 Å². The maximum Gasteiger partial charge on any atom is 0.237 e. The molecule has 2 rings (SSSR count). The lowest BCUT2D eigenvalue weighted by molar-refractivity contribution is -0.123. The van der Waals surface area contributed by atoms with Crippen LogP contribution in [0.2, 0.25) is 0 Å². The molecule has 2 N–H and O–H groups in total. The van der Waals surface area contributed by atoms with Crippen LogP contribution in [0.15, 0.2) is 22.8 Å². The van der Waals surface area contributed by atoms with Gasteiger partial charge < -0.3 is 20.0 Å². The van der Waals surface area contributed by atoms with Crippen LogP contribution in [0.5, 0.6) is 0 Å². The molecule has 1 aromatic rings. The van der Waals surface area contributed by atoms with Crippen molar-refractivity contribution in [1.29, 1.82) is 0 Å². The molecule has 118 valence electrons. The number of hydrogen-bond donors (Lipinski definition) is 2. The Morgan fingerprint density at radius 1 is 1.48 bits per heavy atom. The van der Waals surface area contributed by atoms with E-state index in [0.29, 0.717) is 6.54 Å². The van der Waals surface area contributed by atoms with Crippen molar-refractivity contribution in [2.75, 3.05) is 20.1 Å². The van der Waals surface area contributed by atoms with Gasteiger partial charge in [0.05, 0.1) is 18.8 Å². The van der Waals surface area contributed by atoms with Gasteiger partial charge in [0.2, 0.25) is 5.91 Å². The quantitative estimate of drug-likeness (QED) is 0.766. The number of rotatable bonds is 8. The fourth-order valence-electron chi connectivity index (χ4n) is 2.82. The monoisotopic (exact) mass is 293 g/mol. The molecule has 5 heteroatoms. The van der Waals surface area contributed by atoms with Gasteiger partial charge in [0.15, 0.2) is 0 Å². The minimum absolute atomic E-state index is 0.00918. The second-order valence-electron chi connectivity index (χ2n) is 5.89. The van der Waals surface area contributed by atoms with Gasteiger partial charge in [-0.2, -0.15) is 0 Å². The van der Waals surface area contributed by atoms with Crippen LogP contribution in [0.1, 0.15) is 38.4 Å². The normalized spacial score (nSPS) is 17.3. The van der Waals surface area contributed by atoms with E-state index >= 15 is 0 Å². The van der Waals surface area contributed by atoms with E-state index < -0.39 is 0 Å². The van der Waals surface area contributed by atoms with Gasteiger partial charge in [-0.1, -0.05) is 12.8 Å². The second-order valence-corrected chi connectivity index (χ2v) is 5.89. The van der Waals surface area contributed by atoms with Crippen LogP contribution in [-0.4, -0.2) is 43.0 Å². The van der Waals surface area contributed by atoms with Crippen LogP contribution in [-0.2, 0) is 11.3 Å². The van der Waals surface area contributed by atoms with Crippen LogP contribution < -0.4 is 10.6 Å². The largest absolute Gasteiger partial charge is 0.467 e. The number of nitrogens with zero attached hydrogens (tertiary/aromatic N) is 1. The van der Waals surface area contributed by atoms with Gasteiger partial charge in [-0.15, -0.1) is 0 Å². The third-order valence-electron chi connectivity index (χ3n) is 4.27. The van der Waals surface area contributed by atoms with E-state index in [1.165, 1.54) is 25.7 Å². The van der Waals surface area contributed by atoms with Crippen molar-refractivity contribution in [1.82, 2.24) is 15.5 Å². The summed E-state index contributed by atoms with van der Waals surface area (Å²) in [6.07, 6.45) is 6.95. The first-order chi connectivity index (χ1) is 10.2. The topological polar surface area (TPSA) is 57.5 Å². The Bertz CT molecular complexity index is 413. The number of carbonyl (C=O) groups is 1. The molecule has 0 spiro atoms. The van der Waals surface area contributed by atoms with Gasteiger partial charge in [0, 0.05) is 19.1 Å². The van der Waals surface area contributed by atoms with E-state index in [1.54, 1.807) is 6.26 Å². The lowest BCUT2D eigenvalue weighted by Gasteiger charge is -2.24. The van der Waals surface area contributed by atoms with Crippen LogP contribution in [0.25, 0.3) is 0 Å². The average Bonchev–Trinajstić information content (AvgIpc) is 3.17. The highest BCUT2D eigenvalue weighted by atomic mass is 16.3. The molecule has 0 aromatic carbocycles. The zero-order valence-corrected chi connectivity index (χ0v) is 13.1. The van der Waals surface area contributed by atoms with Crippen molar-refractivity contribution < 1.29 is 9.21 Å². The minimum Gasteiger partial charge on any atom is -0.467 e. The highest BCUT2D eigenvalue weighted by Crippen LogP contribution is 2.21. The van der Waals surface area contributed by atoms with Gasteiger partial charge in [-0.05, 0) is 38.9 Å². The van der Waals surface area contributed by atoms with E-state index in [4.69, 9.17) is 4.42 Å². The van der Waals surface area contributed by atoms with E-state index in [2.05, 4.69) is 22.6 Å². The molecule has 0 aliphatic heterocycles. The fraction of sp³-hybridized carbons (Fsp3) is 0.688. The Hall–Kier alpha value is -1.33. The third-order valence-corrected chi connectivity index (χ3v) is 4.27. The van der Waals surface area contributed by atoms with Crippen molar-refractivity contribution >= 4 is 5.91 Å². The molecule has 0 radical (unpaired) electrons. The number of furan rings is 1. The zero-order chi connectivity index (χ0) is 15.1. The molecule has 1 aliphatic rings. The summed E-state index contributed by atoms with van der Waals surface area (Å²) in [4.78, 5) is 14.4. The Kier molecular flexibility index (Phi) is 6.26. The zero-order valence-electron chi connectivity index (χ0n) is 13.1. The number of likely N-dealkylation sites (N-methyl/N-ethyl adjacent to an activating group) is 1. The Labute approximate surface area is 127 Å². The second kappa shape index (κ2) is 8.20. The maximum atomic E-state index is 11.9. The summed E-state index contributed by atoms with van der Waals surface area (Å²) in [6, 6.07) is 4.23. The van der Waals surface area contributed by atoms with Crippen molar-refractivity contribution in [3.63, 3.8) is 0 Å². The Balaban J connectivity index is 1.59. The summed E-state index contributed by atoms with van der Waals surface area (Å²) in [5.74, 6) is 0.784. The number of hydrogen-bond acceptors (Lipinski definition) is 4. The molecular weight excluding hydrogens is 266 g/mol. The molecule has 1 unspecified atom stereocenters. The Morgan fingerprint density at radius 2 is 2.24 bits per heavy atom. The molecule has 1 atom stereocenters. The molecule has 1 amide bonds. The van der Waals surface area contributed by atoms with Crippen LogP contribution in [0, 0.1) is 0 Å². The van der Waals surface area contributed by atoms with E-state index in [-0.39, 0.29) is 11.9 Å². The summed E-state index contributed by atoms with van der Waals surface area (Å²) < 4.78 is 5.19. The predicted octanol–water partition coefficient (Wildman–Crippen LogP) is 1.75. The lowest BCUT2D eigenvalue weighted by atomic mass is 10.2. The van der Waals surface area contributed by atoms with Gasteiger partial charge in [-0.25, -0.2) is 0 Å². The van der Waals surface area contributed by atoms with Gasteiger partial charge in [0.1, 0.15) is 5.76 Å².